The Morgan fingerprint density at radius 1 is 1.09 bits per heavy atom. The number of hydrogen-bond acceptors (Lipinski definition) is 7. The first-order valence-corrected chi connectivity index (χ1v) is 12.1. The first-order chi connectivity index (χ1) is 16.6. The summed E-state index contributed by atoms with van der Waals surface area (Å²) in [6, 6.07) is 10.2. The average Bonchev–Trinajstić information content (AvgIpc) is 3.05. The van der Waals surface area contributed by atoms with E-state index < -0.39 is 0 Å². The van der Waals surface area contributed by atoms with Crippen LogP contribution in [-0.4, -0.2) is 64.6 Å². The molecule has 2 aromatic rings. The SMILES string of the molecule is COCCN(CCOC)c1ccc2c(c1)N(C(=O)[C@H]1CC[C@@H](OC)CC1)Cc1cccnc1N2. The van der Waals surface area contributed by atoms with Gasteiger partial charge in [0.05, 0.1) is 37.2 Å². The van der Waals surface area contributed by atoms with E-state index in [4.69, 9.17) is 14.2 Å². The summed E-state index contributed by atoms with van der Waals surface area (Å²) < 4.78 is 16.2. The van der Waals surface area contributed by atoms with Crippen LogP contribution in [0.4, 0.5) is 22.9 Å². The molecule has 0 unspecified atom stereocenters. The van der Waals surface area contributed by atoms with Crippen molar-refractivity contribution in [3.05, 3.63) is 42.1 Å². The van der Waals surface area contributed by atoms with E-state index in [1.54, 1.807) is 27.5 Å². The predicted octanol–water partition coefficient (Wildman–Crippen LogP) is 3.98. The standard InChI is InChI=1S/C26H36N4O4/c1-32-15-13-29(14-16-33-2)21-8-11-23-24(17-21)30(18-20-5-4-12-27-25(20)28-23)26(31)19-6-9-22(34-3)10-7-19/h4-5,8,11-12,17,19,22H,6-7,9-10,13-16,18H2,1-3H3,(H,27,28)/t19-,22+. The number of pyridine rings is 1. The molecule has 0 atom stereocenters. The van der Waals surface area contributed by atoms with E-state index in [0.717, 1.165) is 67.2 Å². The molecule has 0 bridgehead atoms. The summed E-state index contributed by atoms with van der Waals surface area (Å²) in [6.07, 6.45) is 5.58. The van der Waals surface area contributed by atoms with Crippen molar-refractivity contribution in [1.29, 1.82) is 0 Å². The molecule has 2 aliphatic rings. The van der Waals surface area contributed by atoms with Crippen LogP contribution >= 0.6 is 0 Å². The van der Waals surface area contributed by atoms with Crippen molar-refractivity contribution in [2.45, 2.75) is 38.3 Å². The van der Waals surface area contributed by atoms with Crippen molar-refractivity contribution in [3.63, 3.8) is 0 Å². The van der Waals surface area contributed by atoms with E-state index in [2.05, 4.69) is 27.3 Å². The number of nitrogens with one attached hydrogen (secondary N) is 1. The van der Waals surface area contributed by atoms with Crippen molar-refractivity contribution in [3.8, 4) is 0 Å². The predicted molar refractivity (Wildman–Crippen MR) is 134 cm³/mol. The zero-order chi connectivity index (χ0) is 23.9. The number of rotatable bonds is 9. The second-order valence-electron chi connectivity index (χ2n) is 8.94. The first kappa shape index (κ1) is 24.4. The van der Waals surface area contributed by atoms with Crippen LogP contribution in [0, 0.1) is 5.92 Å². The van der Waals surface area contributed by atoms with E-state index in [1.807, 2.05) is 23.1 Å². The number of methoxy groups -OCH3 is 3. The van der Waals surface area contributed by atoms with Crippen LogP contribution in [0.3, 0.4) is 0 Å². The van der Waals surface area contributed by atoms with Crippen molar-refractivity contribution in [2.75, 3.05) is 62.7 Å². The number of aromatic nitrogens is 1. The average molecular weight is 469 g/mol. The second kappa shape index (κ2) is 11.6. The van der Waals surface area contributed by atoms with Gasteiger partial charge in [0, 0.05) is 57.8 Å². The van der Waals surface area contributed by atoms with Crippen molar-refractivity contribution < 1.29 is 19.0 Å². The molecule has 2 heterocycles. The van der Waals surface area contributed by atoms with Crippen molar-refractivity contribution in [1.82, 2.24) is 4.98 Å². The molecule has 8 heteroatoms. The Balaban J connectivity index is 1.68. The van der Waals surface area contributed by atoms with Gasteiger partial charge in [0.2, 0.25) is 5.91 Å². The minimum absolute atomic E-state index is 0.000728. The van der Waals surface area contributed by atoms with Crippen LogP contribution in [-0.2, 0) is 25.5 Å². The van der Waals surface area contributed by atoms with Crippen molar-refractivity contribution in [2.24, 2.45) is 5.92 Å². The maximum absolute atomic E-state index is 13.9. The molecule has 0 radical (unpaired) electrons. The Morgan fingerprint density at radius 3 is 2.50 bits per heavy atom. The smallest absolute Gasteiger partial charge is 0.230 e. The molecular formula is C26H36N4O4. The number of anilines is 4. The summed E-state index contributed by atoms with van der Waals surface area (Å²) in [4.78, 5) is 22.6. The van der Waals surface area contributed by atoms with E-state index >= 15 is 0 Å². The summed E-state index contributed by atoms with van der Waals surface area (Å²) in [6.45, 7) is 3.19. The van der Waals surface area contributed by atoms with Gasteiger partial charge >= 0.3 is 0 Å². The van der Waals surface area contributed by atoms with Gasteiger partial charge in [0.1, 0.15) is 5.82 Å². The van der Waals surface area contributed by atoms with E-state index in [9.17, 15) is 4.79 Å². The summed E-state index contributed by atoms with van der Waals surface area (Å²) in [7, 11) is 5.17. The van der Waals surface area contributed by atoms with Crippen LogP contribution in [0.2, 0.25) is 0 Å². The number of fused-ring (bicyclic) bond motifs is 2. The molecule has 0 spiro atoms. The Labute approximate surface area is 202 Å². The number of hydrogen-bond donors (Lipinski definition) is 1. The molecule has 184 valence electrons. The van der Waals surface area contributed by atoms with Gasteiger partial charge in [0.25, 0.3) is 0 Å². The molecular weight excluding hydrogens is 432 g/mol. The topological polar surface area (TPSA) is 76.2 Å². The molecule has 1 aromatic carbocycles. The zero-order valence-corrected chi connectivity index (χ0v) is 20.5. The number of nitrogens with zero attached hydrogens (tertiary/aromatic N) is 3. The van der Waals surface area contributed by atoms with Crippen LogP contribution in [0.5, 0.6) is 0 Å². The van der Waals surface area contributed by atoms with Gasteiger partial charge < -0.3 is 29.3 Å². The van der Waals surface area contributed by atoms with Crippen LogP contribution < -0.4 is 15.1 Å². The number of benzene rings is 1. The highest BCUT2D eigenvalue weighted by molar-refractivity contribution is 6.00. The third-order valence-electron chi connectivity index (χ3n) is 6.86. The minimum atomic E-state index is -0.000728. The van der Waals surface area contributed by atoms with Gasteiger partial charge in [-0.2, -0.15) is 0 Å². The molecule has 1 aromatic heterocycles. The number of carbonyl (C=O) groups is 1. The molecule has 1 aliphatic heterocycles. The maximum atomic E-state index is 13.9. The second-order valence-corrected chi connectivity index (χ2v) is 8.94. The van der Waals surface area contributed by atoms with Gasteiger partial charge in [-0.15, -0.1) is 0 Å². The van der Waals surface area contributed by atoms with Gasteiger partial charge in [-0.25, -0.2) is 4.98 Å². The van der Waals surface area contributed by atoms with Crippen molar-refractivity contribution >= 4 is 28.8 Å². The zero-order valence-electron chi connectivity index (χ0n) is 20.5. The maximum Gasteiger partial charge on any atom is 0.230 e. The Bertz CT molecular complexity index is 954. The fourth-order valence-corrected chi connectivity index (χ4v) is 4.84. The lowest BCUT2D eigenvalue weighted by atomic mass is 9.86. The van der Waals surface area contributed by atoms with E-state index in [1.165, 1.54) is 0 Å². The molecule has 1 N–H and O–H groups in total. The third kappa shape index (κ3) is 5.51. The largest absolute Gasteiger partial charge is 0.383 e. The fourth-order valence-electron chi connectivity index (χ4n) is 4.84. The molecule has 1 fully saturated rings. The van der Waals surface area contributed by atoms with E-state index in [-0.39, 0.29) is 17.9 Å². The summed E-state index contributed by atoms with van der Waals surface area (Å²) in [5.74, 6) is 0.969. The van der Waals surface area contributed by atoms with Crippen LogP contribution in [0.1, 0.15) is 31.2 Å². The molecule has 1 amide bonds. The van der Waals surface area contributed by atoms with Gasteiger partial charge in [-0.1, -0.05) is 6.07 Å². The van der Waals surface area contributed by atoms with Crippen LogP contribution in [0.15, 0.2) is 36.5 Å². The minimum Gasteiger partial charge on any atom is -0.383 e. The Hall–Kier alpha value is -2.68. The summed E-state index contributed by atoms with van der Waals surface area (Å²) >= 11 is 0. The number of carbonyl (C=O) groups excluding carboxylic acids is 1. The number of ether oxygens (including phenoxy) is 3. The summed E-state index contributed by atoms with van der Waals surface area (Å²) in [5.41, 5.74) is 3.82. The highest BCUT2D eigenvalue weighted by Crippen LogP contribution is 2.39. The molecule has 1 saturated carbocycles. The highest BCUT2D eigenvalue weighted by Gasteiger charge is 2.33. The molecule has 1 aliphatic carbocycles. The van der Waals surface area contributed by atoms with Gasteiger partial charge in [0.15, 0.2) is 0 Å². The lowest BCUT2D eigenvalue weighted by molar-refractivity contribution is -0.124. The first-order valence-electron chi connectivity index (χ1n) is 12.1. The third-order valence-corrected chi connectivity index (χ3v) is 6.86. The fraction of sp³-hybridized carbons (Fsp3) is 0.538. The van der Waals surface area contributed by atoms with Crippen LogP contribution in [0.25, 0.3) is 0 Å². The highest BCUT2D eigenvalue weighted by atomic mass is 16.5. The van der Waals surface area contributed by atoms with Gasteiger partial charge in [-0.3, -0.25) is 4.79 Å². The van der Waals surface area contributed by atoms with E-state index in [0.29, 0.717) is 19.8 Å². The van der Waals surface area contributed by atoms with Gasteiger partial charge in [-0.05, 0) is 49.9 Å². The molecule has 34 heavy (non-hydrogen) atoms. The monoisotopic (exact) mass is 468 g/mol. The normalized spacial score (nSPS) is 19.6. The Kier molecular flexibility index (Phi) is 8.37. The molecule has 8 nitrogen and oxygen atoms in total. The quantitative estimate of drug-likeness (QED) is 0.597. The molecule has 4 rings (SSSR count). The number of amides is 1. The summed E-state index contributed by atoms with van der Waals surface area (Å²) in [5, 5.41) is 3.47. The Morgan fingerprint density at radius 2 is 1.82 bits per heavy atom. The lowest BCUT2D eigenvalue weighted by Crippen LogP contribution is -2.38. The lowest BCUT2D eigenvalue weighted by Gasteiger charge is -2.32. The molecule has 0 saturated heterocycles.